The van der Waals surface area contributed by atoms with Crippen LogP contribution in [0.5, 0.6) is 0 Å². The molecule has 0 aromatic carbocycles. The van der Waals surface area contributed by atoms with Gasteiger partial charge in [-0.3, -0.25) is 8.98 Å². The second-order valence-electron chi connectivity index (χ2n) is 5.28. The first kappa shape index (κ1) is 13.6. The normalized spacial score (nSPS) is 37.8. The minimum Gasteiger partial charge on any atom is -0.458 e. The van der Waals surface area contributed by atoms with Crippen molar-refractivity contribution in [3.8, 4) is 0 Å². The summed E-state index contributed by atoms with van der Waals surface area (Å²) in [6.45, 7) is 2.36. The van der Waals surface area contributed by atoms with Crippen LogP contribution >= 0.6 is 0 Å². The molecule has 2 bridgehead atoms. The van der Waals surface area contributed by atoms with Gasteiger partial charge in [-0.2, -0.15) is 8.42 Å². The molecule has 8 heteroatoms. The molecule has 0 radical (unpaired) electrons. The number of carbonyl (C=O) groups is 2. The fourth-order valence-corrected chi connectivity index (χ4v) is 3.79. The highest BCUT2D eigenvalue weighted by atomic mass is 32.2. The molecule has 3 rings (SSSR count). The molecule has 7 nitrogen and oxygen atoms in total. The van der Waals surface area contributed by atoms with E-state index in [1.165, 1.54) is 0 Å². The fourth-order valence-electron chi connectivity index (χ4n) is 3.43. The summed E-state index contributed by atoms with van der Waals surface area (Å²) < 4.78 is 36.9. The lowest BCUT2D eigenvalue weighted by atomic mass is 9.88. The number of carbonyl (C=O) groups excluding carboxylic acids is 2. The van der Waals surface area contributed by atoms with Crippen LogP contribution in [0.15, 0.2) is 12.0 Å². The molecule has 1 saturated heterocycles. The number of ether oxygens (including phenoxy) is 2. The number of rotatable bonds is 5. The second-order valence-corrected chi connectivity index (χ2v) is 6.83. The number of esters is 2. The summed E-state index contributed by atoms with van der Waals surface area (Å²) in [6.07, 6.45) is 0.616. The minimum absolute atomic E-state index is 0.0580. The molecule has 0 spiro atoms. The van der Waals surface area contributed by atoms with Crippen LogP contribution in [0.25, 0.3) is 0 Å². The lowest BCUT2D eigenvalue weighted by Crippen LogP contribution is -2.37. The van der Waals surface area contributed by atoms with Crippen molar-refractivity contribution >= 4 is 22.1 Å². The van der Waals surface area contributed by atoms with Crippen LogP contribution < -0.4 is 0 Å². The fraction of sp³-hybridized carbons (Fsp3) is 0.667. The minimum atomic E-state index is -3.90. The Balaban J connectivity index is 1.58. The van der Waals surface area contributed by atoms with Gasteiger partial charge in [0.05, 0.1) is 11.3 Å². The molecule has 110 valence electrons. The quantitative estimate of drug-likeness (QED) is 0.519. The Morgan fingerprint density at radius 2 is 2.20 bits per heavy atom. The van der Waals surface area contributed by atoms with Gasteiger partial charge in [0.2, 0.25) is 0 Å². The van der Waals surface area contributed by atoms with Gasteiger partial charge in [0.25, 0.3) is 10.1 Å². The lowest BCUT2D eigenvalue weighted by Gasteiger charge is -2.25. The Hall–Kier alpha value is -1.41. The van der Waals surface area contributed by atoms with Crippen molar-refractivity contribution in [3.63, 3.8) is 0 Å². The molecule has 20 heavy (non-hydrogen) atoms. The molecule has 3 aliphatic rings. The molecular formula is C12H14O7S. The summed E-state index contributed by atoms with van der Waals surface area (Å²) in [5.74, 6) is -0.819. The summed E-state index contributed by atoms with van der Waals surface area (Å²) in [4.78, 5) is 23.2. The molecule has 2 saturated carbocycles. The Morgan fingerprint density at radius 3 is 2.90 bits per heavy atom. The zero-order chi connectivity index (χ0) is 14.5. The van der Waals surface area contributed by atoms with E-state index in [9.17, 15) is 18.0 Å². The van der Waals surface area contributed by atoms with Crippen molar-refractivity contribution in [2.75, 3.05) is 6.61 Å². The van der Waals surface area contributed by atoms with Crippen molar-refractivity contribution < 1.29 is 31.7 Å². The molecule has 5 unspecified atom stereocenters. The summed E-state index contributed by atoms with van der Waals surface area (Å²) in [7, 11) is -3.90. The van der Waals surface area contributed by atoms with Gasteiger partial charge in [-0.05, 0) is 12.8 Å². The van der Waals surface area contributed by atoms with E-state index in [2.05, 4.69) is 10.8 Å². The highest BCUT2D eigenvalue weighted by Gasteiger charge is 2.63. The monoisotopic (exact) mass is 302 g/mol. The molecule has 1 aliphatic heterocycles. The standard InChI is InChI=1S/C12H14O7S/c1-2-20(15,16)17-5-9(13)18-10-6-3-7-8(4-6)12(14)19-11(7)10/h2,6-8,10-11H,1,3-5H2. The van der Waals surface area contributed by atoms with Crippen molar-refractivity contribution in [1.29, 1.82) is 0 Å². The zero-order valence-corrected chi connectivity index (χ0v) is 11.4. The topological polar surface area (TPSA) is 96.0 Å². The third-order valence-corrected chi connectivity index (χ3v) is 5.08. The molecule has 3 fully saturated rings. The van der Waals surface area contributed by atoms with E-state index in [-0.39, 0.29) is 29.8 Å². The molecule has 0 aromatic heterocycles. The molecular weight excluding hydrogens is 288 g/mol. The maximum absolute atomic E-state index is 11.6. The highest BCUT2D eigenvalue weighted by Crippen LogP contribution is 2.55. The first-order chi connectivity index (χ1) is 9.41. The predicted molar refractivity (Wildman–Crippen MR) is 64.5 cm³/mol. The van der Waals surface area contributed by atoms with Gasteiger partial charge in [0, 0.05) is 11.8 Å². The van der Waals surface area contributed by atoms with Crippen molar-refractivity contribution in [2.24, 2.45) is 17.8 Å². The first-order valence-corrected chi connectivity index (χ1v) is 7.80. The molecule has 0 aromatic rings. The van der Waals surface area contributed by atoms with Gasteiger partial charge in [0.15, 0.2) is 6.61 Å². The highest BCUT2D eigenvalue weighted by molar-refractivity contribution is 7.89. The predicted octanol–water partition coefficient (Wildman–Crippen LogP) is -0.0305. The lowest BCUT2D eigenvalue weighted by molar-refractivity contribution is -0.163. The molecule has 1 heterocycles. The van der Waals surface area contributed by atoms with Crippen LogP contribution in [0.3, 0.4) is 0 Å². The van der Waals surface area contributed by atoms with Gasteiger partial charge in [0.1, 0.15) is 12.2 Å². The Labute approximate surface area is 116 Å². The zero-order valence-electron chi connectivity index (χ0n) is 10.6. The largest absolute Gasteiger partial charge is 0.458 e. The summed E-state index contributed by atoms with van der Waals surface area (Å²) in [5, 5.41) is 0.612. The maximum Gasteiger partial charge on any atom is 0.334 e. The van der Waals surface area contributed by atoms with Crippen LogP contribution in [0, 0.1) is 17.8 Å². The van der Waals surface area contributed by atoms with E-state index >= 15 is 0 Å². The van der Waals surface area contributed by atoms with Crippen LogP contribution in [0.4, 0.5) is 0 Å². The maximum atomic E-state index is 11.6. The van der Waals surface area contributed by atoms with Crippen LogP contribution in [-0.2, 0) is 33.4 Å². The van der Waals surface area contributed by atoms with Gasteiger partial charge < -0.3 is 9.47 Å². The van der Waals surface area contributed by atoms with E-state index in [0.29, 0.717) is 11.8 Å². The Morgan fingerprint density at radius 1 is 1.45 bits per heavy atom. The average molecular weight is 302 g/mol. The van der Waals surface area contributed by atoms with E-state index in [0.717, 1.165) is 6.42 Å². The van der Waals surface area contributed by atoms with E-state index in [4.69, 9.17) is 9.47 Å². The molecule has 2 aliphatic carbocycles. The third kappa shape index (κ3) is 2.12. The molecule has 0 amide bonds. The van der Waals surface area contributed by atoms with Gasteiger partial charge in [-0.1, -0.05) is 6.58 Å². The molecule has 0 N–H and O–H groups in total. The SMILES string of the molecule is C=CS(=O)(=O)OCC(=O)OC1C2CC3C(=O)OC1C3C2. The van der Waals surface area contributed by atoms with Crippen molar-refractivity contribution in [3.05, 3.63) is 12.0 Å². The second kappa shape index (κ2) is 4.56. The number of hydrogen-bond donors (Lipinski definition) is 0. The van der Waals surface area contributed by atoms with E-state index in [1.54, 1.807) is 0 Å². The smallest absolute Gasteiger partial charge is 0.334 e. The number of fused-ring (bicyclic) bond motifs is 1. The van der Waals surface area contributed by atoms with Crippen LogP contribution in [0.2, 0.25) is 0 Å². The van der Waals surface area contributed by atoms with E-state index in [1.807, 2.05) is 0 Å². The van der Waals surface area contributed by atoms with Gasteiger partial charge >= 0.3 is 11.9 Å². The van der Waals surface area contributed by atoms with E-state index < -0.39 is 28.8 Å². The molecule has 5 atom stereocenters. The Kier molecular flexibility index (Phi) is 3.09. The van der Waals surface area contributed by atoms with Gasteiger partial charge in [-0.25, -0.2) is 4.79 Å². The van der Waals surface area contributed by atoms with Crippen molar-refractivity contribution in [2.45, 2.75) is 25.0 Å². The Bertz CT molecular complexity index is 566. The van der Waals surface area contributed by atoms with Crippen LogP contribution in [0.1, 0.15) is 12.8 Å². The number of hydrogen-bond acceptors (Lipinski definition) is 7. The summed E-state index contributed by atoms with van der Waals surface area (Å²) >= 11 is 0. The average Bonchev–Trinajstić information content (AvgIpc) is 3.01. The third-order valence-electron chi connectivity index (χ3n) is 4.23. The first-order valence-electron chi connectivity index (χ1n) is 6.33. The van der Waals surface area contributed by atoms with Gasteiger partial charge in [-0.15, -0.1) is 0 Å². The summed E-state index contributed by atoms with van der Waals surface area (Å²) in [6, 6.07) is 0. The summed E-state index contributed by atoms with van der Waals surface area (Å²) in [5.41, 5.74) is 0. The van der Waals surface area contributed by atoms with Crippen molar-refractivity contribution in [1.82, 2.24) is 0 Å². The van der Waals surface area contributed by atoms with Crippen LogP contribution in [-0.4, -0.2) is 39.2 Å².